The number of carbonyl (C=O) groups excluding carboxylic acids is 1. The van der Waals surface area contributed by atoms with Gasteiger partial charge in [-0.05, 0) is 18.3 Å². The summed E-state index contributed by atoms with van der Waals surface area (Å²) in [4.78, 5) is 32.7. The Morgan fingerprint density at radius 1 is 1.12 bits per heavy atom. The molecule has 2 unspecified atom stereocenters. The largest absolute Gasteiger partial charge is 0.476 e. The zero-order valence-corrected chi connectivity index (χ0v) is 12.5. The minimum atomic E-state index is -4.84. The number of carboxylic acids is 1. The van der Waals surface area contributed by atoms with Crippen molar-refractivity contribution in [2.75, 3.05) is 31.1 Å². The number of halogens is 3. The molecule has 0 radical (unpaired) electrons. The van der Waals surface area contributed by atoms with Gasteiger partial charge in [0.1, 0.15) is 5.82 Å². The van der Waals surface area contributed by atoms with Crippen LogP contribution in [0, 0.1) is 11.8 Å². The van der Waals surface area contributed by atoms with Crippen LogP contribution in [0.3, 0.4) is 0 Å². The Morgan fingerprint density at radius 3 is 2.42 bits per heavy atom. The second-order valence-corrected chi connectivity index (χ2v) is 6.03. The SMILES string of the molecule is O=C(O)c1cnc(N2CCC3CN(C(=O)C(F)(F)F)CC3C2)cn1. The van der Waals surface area contributed by atoms with Crippen LogP contribution in [0.5, 0.6) is 0 Å². The monoisotopic (exact) mass is 344 g/mol. The fourth-order valence-corrected chi connectivity index (χ4v) is 3.32. The highest BCUT2D eigenvalue weighted by molar-refractivity contribution is 5.85. The van der Waals surface area contributed by atoms with Gasteiger partial charge in [-0.15, -0.1) is 0 Å². The Bertz CT molecular complexity index is 650. The van der Waals surface area contributed by atoms with Crippen LogP contribution < -0.4 is 4.90 Å². The molecule has 7 nitrogen and oxygen atoms in total. The second-order valence-electron chi connectivity index (χ2n) is 6.03. The number of carbonyl (C=O) groups is 2. The number of nitrogens with zero attached hydrogens (tertiary/aromatic N) is 4. The van der Waals surface area contributed by atoms with E-state index in [-0.39, 0.29) is 30.6 Å². The van der Waals surface area contributed by atoms with Crippen molar-refractivity contribution in [3.63, 3.8) is 0 Å². The van der Waals surface area contributed by atoms with Gasteiger partial charge in [-0.1, -0.05) is 0 Å². The van der Waals surface area contributed by atoms with E-state index in [1.165, 1.54) is 6.20 Å². The molecule has 0 bridgehead atoms. The average Bonchev–Trinajstić information content (AvgIpc) is 2.96. The molecule has 2 aliphatic heterocycles. The first-order valence-electron chi connectivity index (χ1n) is 7.42. The first-order chi connectivity index (χ1) is 11.3. The number of aromatic nitrogens is 2. The maximum absolute atomic E-state index is 12.6. The van der Waals surface area contributed by atoms with Crippen LogP contribution in [0.15, 0.2) is 12.4 Å². The number of hydrogen-bond donors (Lipinski definition) is 1. The number of piperidine rings is 1. The Morgan fingerprint density at radius 2 is 1.83 bits per heavy atom. The molecule has 2 atom stereocenters. The fraction of sp³-hybridized carbons (Fsp3) is 0.571. The number of anilines is 1. The van der Waals surface area contributed by atoms with Gasteiger partial charge in [0.25, 0.3) is 0 Å². The fourth-order valence-electron chi connectivity index (χ4n) is 3.32. The van der Waals surface area contributed by atoms with Crippen LogP contribution in [0.1, 0.15) is 16.9 Å². The number of aromatic carboxylic acids is 1. The van der Waals surface area contributed by atoms with Crippen molar-refractivity contribution in [1.82, 2.24) is 14.9 Å². The highest BCUT2D eigenvalue weighted by atomic mass is 19.4. The Kier molecular flexibility index (Phi) is 4.06. The third kappa shape index (κ3) is 3.13. The lowest BCUT2D eigenvalue weighted by atomic mass is 9.89. The summed E-state index contributed by atoms with van der Waals surface area (Å²) in [5, 5.41) is 8.81. The molecule has 0 saturated carbocycles. The van der Waals surface area contributed by atoms with Crippen LogP contribution in [0.25, 0.3) is 0 Å². The molecule has 0 aliphatic carbocycles. The number of fused-ring (bicyclic) bond motifs is 1. The molecule has 2 saturated heterocycles. The molecular formula is C14H15F3N4O3. The van der Waals surface area contributed by atoms with Crippen molar-refractivity contribution < 1.29 is 27.9 Å². The lowest BCUT2D eigenvalue weighted by Gasteiger charge is -2.34. The molecule has 0 spiro atoms. The van der Waals surface area contributed by atoms with Crippen molar-refractivity contribution >= 4 is 17.7 Å². The van der Waals surface area contributed by atoms with Crippen LogP contribution in [-0.2, 0) is 4.79 Å². The van der Waals surface area contributed by atoms with E-state index in [4.69, 9.17) is 5.11 Å². The van der Waals surface area contributed by atoms with Crippen molar-refractivity contribution in [3.05, 3.63) is 18.1 Å². The zero-order valence-electron chi connectivity index (χ0n) is 12.5. The lowest BCUT2D eigenvalue weighted by molar-refractivity contribution is -0.184. The average molecular weight is 344 g/mol. The number of carboxylic acid groups (broad SMARTS) is 1. The van der Waals surface area contributed by atoms with Crippen molar-refractivity contribution in [3.8, 4) is 0 Å². The summed E-state index contributed by atoms with van der Waals surface area (Å²) >= 11 is 0. The summed E-state index contributed by atoms with van der Waals surface area (Å²) in [7, 11) is 0. The Labute approximate surface area is 135 Å². The molecule has 3 heterocycles. The van der Waals surface area contributed by atoms with Gasteiger partial charge in [-0.2, -0.15) is 13.2 Å². The van der Waals surface area contributed by atoms with Crippen molar-refractivity contribution in [2.24, 2.45) is 11.8 Å². The molecule has 130 valence electrons. The van der Waals surface area contributed by atoms with Gasteiger partial charge in [0.05, 0.1) is 12.4 Å². The van der Waals surface area contributed by atoms with Crippen LogP contribution in [-0.4, -0.2) is 64.2 Å². The van der Waals surface area contributed by atoms with Gasteiger partial charge < -0.3 is 14.9 Å². The predicted molar refractivity (Wildman–Crippen MR) is 75.4 cm³/mol. The molecule has 1 aromatic heterocycles. The summed E-state index contributed by atoms with van der Waals surface area (Å²) in [6, 6.07) is 0. The zero-order chi connectivity index (χ0) is 17.5. The van der Waals surface area contributed by atoms with E-state index in [0.29, 0.717) is 25.3 Å². The van der Waals surface area contributed by atoms with E-state index in [1.807, 2.05) is 4.90 Å². The predicted octanol–water partition coefficient (Wildman–Crippen LogP) is 1.02. The molecule has 24 heavy (non-hydrogen) atoms. The van der Waals surface area contributed by atoms with Gasteiger partial charge in [0, 0.05) is 26.2 Å². The molecule has 2 aliphatic rings. The third-order valence-electron chi connectivity index (χ3n) is 4.51. The lowest BCUT2D eigenvalue weighted by Crippen LogP contribution is -2.41. The van der Waals surface area contributed by atoms with Gasteiger partial charge in [0.2, 0.25) is 0 Å². The Hall–Kier alpha value is -2.39. The first-order valence-corrected chi connectivity index (χ1v) is 7.42. The van der Waals surface area contributed by atoms with Gasteiger partial charge in [-0.25, -0.2) is 14.8 Å². The number of rotatable bonds is 2. The van der Waals surface area contributed by atoms with E-state index in [1.54, 1.807) is 0 Å². The molecule has 3 rings (SSSR count). The highest BCUT2D eigenvalue weighted by Gasteiger charge is 2.48. The molecule has 10 heteroatoms. The van der Waals surface area contributed by atoms with E-state index in [0.717, 1.165) is 11.1 Å². The number of likely N-dealkylation sites (tertiary alicyclic amines) is 1. The highest BCUT2D eigenvalue weighted by Crippen LogP contribution is 2.34. The normalized spacial score (nSPS) is 24.0. The number of alkyl halides is 3. The number of hydrogen-bond acceptors (Lipinski definition) is 5. The molecule has 0 aromatic carbocycles. The van der Waals surface area contributed by atoms with Crippen LogP contribution in [0.4, 0.5) is 19.0 Å². The minimum Gasteiger partial charge on any atom is -0.476 e. The first kappa shape index (κ1) is 16.5. The van der Waals surface area contributed by atoms with E-state index in [9.17, 15) is 22.8 Å². The summed E-state index contributed by atoms with van der Waals surface area (Å²) in [6.45, 7) is 1.24. The van der Waals surface area contributed by atoms with E-state index in [2.05, 4.69) is 9.97 Å². The maximum Gasteiger partial charge on any atom is 0.471 e. The van der Waals surface area contributed by atoms with Crippen LogP contribution in [0.2, 0.25) is 0 Å². The molecule has 1 aromatic rings. The maximum atomic E-state index is 12.6. The number of amides is 1. The minimum absolute atomic E-state index is 0.0406. The molecule has 1 amide bonds. The standard InChI is InChI=1S/C14H15F3N4O3/c15-14(16,17)13(24)21-5-8-1-2-20(6-9(8)7-21)11-4-18-10(3-19-11)12(22)23/h3-4,8-9H,1-2,5-7H2,(H,22,23). The smallest absolute Gasteiger partial charge is 0.471 e. The van der Waals surface area contributed by atoms with E-state index < -0.39 is 18.1 Å². The van der Waals surface area contributed by atoms with Crippen LogP contribution >= 0.6 is 0 Å². The molecule has 1 N–H and O–H groups in total. The van der Waals surface area contributed by atoms with Gasteiger partial charge in [-0.3, -0.25) is 4.79 Å². The third-order valence-corrected chi connectivity index (χ3v) is 4.51. The summed E-state index contributed by atoms with van der Waals surface area (Å²) < 4.78 is 37.7. The quantitative estimate of drug-likeness (QED) is 0.862. The topological polar surface area (TPSA) is 86.6 Å². The second kappa shape index (κ2) is 5.91. The van der Waals surface area contributed by atoms with Crippen molar-refractivity contribution in [2.45, 2.75) is 12.6 Å². The molecular weight excluding hydrogens is 329 g/mol. The summed E-state index contributed by atoms with van der Waals surface area (Å²) in [5.74, 6) is -2.50. The van der Waals surface area contributed by atoms with Crippen molar-refractivity contribution in [1.29, 1.82) is 0 Å². The molecule has 2 fully saturated rings. The Balaban J connectivity index is 1.66. The summed E-state index contributed by atoms with van der Waals surface area (Å²) in [5.41, 5.74) is -0.170. The van der Waals surface area contributed by atoms with Gasteiger partial charge >= 0.3 is 18.1 Å². The van der Waals surface area contributed by atoms with E-state index >= 15 is 0 Å². The summed E-state index contributed by atoms with van der Waals surface area (Å²) in [6.07, 6.45) is -1.70. The van der Waals surface area contributed by atoms with Gasteiger partial charge in [0.15, 0.2) is 5.69 Å².